The van der Waals surface area contributed by atoms with Crippen LogP contribution < -0.4 is 0 Å². The molecule has 1 aromatic heterocycles. The first-order chi connectivity index (χ1) is 15.9. The molecule has 0 spiro atoms. The van der Waals surface area contributed by atoms with Crippen molar-refractivity contribution in [2.45, 2.75) is 38.9 Å². The minimum absolute atomic E-state index is 0.106. The van der Waals surface area contributed by atoms with Crippen LogP contribution in [0, 0.1) is 0 Å². The van der Waals surface area contributed by atoms with E-state index in [-0.39, 0.29) is 31.8 Å². The van der Waals surface area contributed by atoms with Crippen molar-refractivity contribution in [2.75, 3.05) is 26.7 Å². The lowest BCUT2D eigenvalue weighted by Crippen LogP contribution is -2.26. The number of carbonyl (C=O) groups excluding carboxylic acids is 2. The molecule has 1 aliphatic rings. The van der Waals surface area contributed by atoms with Crippen LogP contribution in [0.15, 0.2) is 36.7 Å². The van der Waals surface area contributed by atoms with Gasteiger partial charge in [0.25, 0.3) is 5.82 Å². The first-order valence-corrected chi connectivity index (χ1v) is 12.0. The first-order valence-electron chi connectivity index (χ1n) is 10.3. The summed E-state index contributed by atoms with van der Waals surface area (Å²) in [6, 6.07) is 8.44. The minimum atomic E-state index is -3.48. The van der Waals surface area contributed by atoms with Crippen LogP contribution in [0.2, 0.25) is 0 Å². The summed E-state index contributed by atoms with van der Waals surface area (Å²) < 4.78 is 46.1. The maximum absolute atomic E-state index is 12.7. The van der Waals surface area contributed by atoms with E-state index in [1.165, 1.54) is 18.1 Å². The number of methoxy groups -OCH3 is 1. The molecule has 3 atom stereocenters. The van der Waals surface area contributed by atoms with Gasteiger partial charge in [-0.2, -0.15) is 0 Å². The zero-order valence-electron chi connectivity index (χ0n) is 18.5. The zero-order chi connectivity index (χ0) is 23.8. The van der Waals surface area contributed by atoms with Crippen LogP contribution >= 0.6 is 7.60 Å². The molecule has 2 heterocycles. The molecule has 1 aliphatic heterocycles. The van der Waals surface area contributed by atoms with E-state index in [0.29, 0.717) is 5.56 Å². The number of aromatic nitrogens is 3. The van der Waals surface area contributed by atoms with E-state index in [2.05, 4.69) is 14.8 Å². The van der Waals surface area contributed by atoms with Gasteiger partial charge in [-0.3, -0.25) is 4.57 Å². The molecule has 0 radical (unpaired) electrons. The van der Waals surface area contributed by atoms with Gasteiger partial charge in [-0.1, -0.05) is 18.2 Å². The fourth-order valence-electron chi connectivity index (χ4n) is 3.09. The number of esters is 2. The number of benzene rings is 1. The van der Waals surface area contributed by atoms with Crippen LogP contribution in [0.3, 0.4) is 0 Å². The van der Waals surface area contributed by atoms with Gasteiger partial charge in [0.05, 0.1) is 25.9 Å². The molecule has 12 nitrogen and oxygen atoms in total. The second kappa shape index (κ2) is 11.5. The number of carbonyl (C=O) groups is 2. The Morgan fingerprint density at radius 2 is 1.85 bits per heavy atom. The Morgan fingerprint density at radius 3 is 2.48 bits per heavy atom. The summed E-state index contributed by atoms with van der Waals surface area (Å²) in [4.78, 5) is 28.2. The summed E-state index contributed by atoms with van der Waals surface area (Å²) in [7, 11) is -2.27. The summed E-state index contributed by atoms with van der Waals surface area (Å²) in [6.45, 7) is 3.75. The van der Waals surface area contributed by atoms with Crippen LogP contribution in [0.1, 0.15) is 47.5 Å². The van der Waals surface area contributed by atoms with Crippen LogP contribution in [0.5, 0.6) is 0 Å². The standard InChI is InChI=1S/C20H26N3O9P/c1-4-29-33(26,30-5-2)13-28-16-11-15(31-19(24)14-9-7-6-8-10-14)18(32-16)23-12-21-17(22-23)20(25)27-3/h6-10,12,15-16,18H,4-5,11,13H2,1-3H3. The molecule has 1 saturated heterocycles. The predicted octanol–water partition coefficient (Wildman–Crippen LogP) is 2.78. The summed E-state index contributed by atoms with van der Waals surface area (Å²) in [5.74, 6) is -1.49. The SMILES string of the molecule is CCOP(=O)(COC1CC(OC(=O)c2ccccc2)C(n2cnc(C(=O)OC)n2)O1)OCC. The molecule has 1 fully saturated rings. The Bertz CT molecular complexity index is 974. The minimum Gasteiger partial charge on any atom is -0.463 e. The van der Waals surface area contributed by atoms with Crippen molar-refractivity contribution >= 4 is 19.5 Å². The molecule has 2 aromatic rings. The molecule has 0 saturated carbocycles. The van der Waals surface area contributed by atoms with Gasteiger partial charge in [0.2, 0.25) is 0 Å². The van der Waals surface area contributed by atoms with Crippen LogP contribution in [0.4, 0.5) is 0 Å². The van der Waals surface area contributed by atoms with E-state index in [9.17, 15) is 14.2 Å². The predicted molar refractivity (Wildman–Crippen MR) is 112 cm³/mol. The molecule has 0 aliphatic carbocycles. The zero-order valence-corrected chi connectivity index (χ0v) is 19.4. The second-order valence-electron chi connectivity index (χ2n) is 6.78. The molecule has 0 bridgehead atoms. The number of nitrogens with zero attached hydrogens (tertiary/aromatic N) is 3. The van der Waals surface area contributed by atoms with Gasteiger partial charge < -0.3 is 28.0 Å². The van der Waals surface area contributed by atoms with Crippen molar-refractivity contribution in [1.29, 1.82) is 0 Å². The number of rotatable bonds is 11. The molecule has 180 valence electrons. The van der Waals surface area contributed by atoms with Gasteiger partial charge in [0.1, 0.15) is 6.33 Å². The van der Waals surface area contributed by atoms with Crippen molar-refractivity contribution in [3.05, 3.63) is 48.0 Å². The highest BCUT2D eigenvalue weighted by Crippen LogP contribution is 2.48. The lowest BCUT2D eigenvalue weighted by molar-refractivity contribution is -0.150. The van der Waals surface area contributed by atoms with E-state index >= 15 is 0 Å². The molecule has 33 heavy (non-hydrogen) atoms. The largest absolute Gasteiger partial charge is 0.463 e. The highest BCUT2D eigenvalue weighted by Gasteiger charge is 2.42. The normalized spacial score (nSPS) is 20.5. The summed E-state index contributed by atoms with van der Waals surface area (Å²) >= 11 is 0. The van der Waals surface area contributed by atoms with Crippen LogP contribution in [-0.4, -0.2) is 65.8 Å². The molecular formula is C20H26N3O9P. The molecule has 13 heteroatoms. The van der Waals surface area contributed by atoms with E-state index < -0.39 is 38.2 Å². The van der Waals surface area contributed by atoms with Crippen molar-refractivity contribution in [1.82, 2.24) is 14.8 Å². The first kappa shape index (κ1) is 25.0. The van der Waals surface area contributed by atoms with Gasteiger partial charge in [0, 0.05) is 6.42 Å². The van der Waals surface area contributed by atoms with Crippen molar-refractivity contribution in [2.24, 2.45) is 0 Å². The van der Waals surface area contributed by atoms with Gasteiger partial charge in [-0.05, 0) is 26.0 Å². The highest BCUT2D eigenvalue weighted by atomic mass is 31.2. The van der Waals surface area contributed by atoms with Gasteiger partial charge in [0.15, 0.2) is 25.0 Å². The fraction of sp³-hybridized carbons (Fsp3) is 0.500. The molecular weight excluding hydrogens is 457 g/mol. The third kappa shape index (κ3) is 6.46. The fourth-order valence-corrected chi connectivity index (χ4v) is 4.45. The lowest BCUT2D eigenvalue weighted by Gasteiger charge is -2.19. The van der Waals surface area contributed by atoms with Crippen molar-refractivity contribution in [3.63, 3.8) is 0 Å². The summed E-state index contributed by atoms with van der Waals surface area (Å²) in [6.07, 6.45) is -1.69. The second-order valence-corrected chi connectivity index (χ2v) is 8.78. The molecule has 3 unspecified atom stereocenters. The number of hydrogen-bond acceptors (Lipinski definition) is 11. The Kier molecular flexibility index (Phi) is 8.70. The van der Waals surface area contributed by atoms with E-state index in [1.54, 1.807) is 44.2 Å². The lowest BCUT2D eigenvalue weighted by atomic mass is 10.2. The summed E-state index contributed by atoms with van der Waals surface area (Å²) in [5.41, 5.74) is 0.353. The van der Waals surface area contributed by atoms with Gasteiger partial charge >= 0.3 is 19.5 Å². The quantitative estimate of drug-likeness (QED) is 0.344. The van der Waals surface area contributed by atoms with E-state index in [4.69, 9.17) is 23.3 Å². The molecule has 0 N–H and O–H groups in total. The Balaban J connectivity index is 1.76. The van der Waals surface area contributed by atoms with Crippen LogP contribution in [-0.2, 0) is 32.6 Å². The third-order valence-corrected chi connectivity index (χ3v) is 6.28. The number of ether oxygens (including phenoxy) is 4. The van der Waals surface area contributed by atoms with Gasteiger partial charge in [-0.15, -0.1) is 5.10 Å². The van der Waals surface area contributed by atoms with E-state index in [0.717, 1.165) is 0 Å². The van der Waals surface area contributed by atoms with E-state index in [1.807, 2.05) is 0 Å². The maximum atomic E-state index is 12.7. The molecule has 3 rings (SSSR count). The molecule has 0 amide bonds. The van der Waals surface area contributed by atoms with Gasteiger partial charge in [-0.25, -0.2) is 19.3 Å². The molecule has 1 aromatic carbocycles. The average Bonchev–Trinajstić information content (AvgIpc) is 3.45. The monoisotopic (exact) mass is 483 g/mol. The van der Waals surface area contributed by atoms with Crippen molar-refractivity contribution < 1.29 is 42.1 Å². The highest BCUT2D eigenvalue weighted by molar-refractivity contribution is 7.53. The summed E-state index contributed by atoms with van der Waals surface area (Å²) in [5, 5.41) is 4.05. The Morgan fingerprint density at radius 1 is 1.15 bits per heavy atom. The Labute approximate surface area is 190 Å². The van der Waals surface area contributed by atoms with Crippen LogP contribution in [0.25, 0.3) is 0 Å². The topological polar surface area (TPSA) is 137 Å². The van der Waals surface area contributed by atoms with Crippen molar-refractivity contribution in [3.8, 4) is 0 Å². The average molecular weight is 483 g/mol. The maximum Gasteiger partial charge on any atom is 0.377 e. The smallest absolute Gasteiger partial charge is 0.377 e. The Hall–Kier alpha value is -2.63. The number of hydrogen-bond donors (Lipinski definition) is 0. The third-order valence-electron chi connectivity index (χ3n) is 4.51.